The summed E-state index contributed by atoms with van der Waals surface area (Å²) in [6, 6.07) is 15.3. The zero-order valence-electron chi connectivity index (χ0n) is 12.6. The van der Waals surface area contributed by atoms with Gasteiger partial charge in [0.15, 0.2) is 0 Å². The molecule has 0 aliphatic carbocycles. The van der Waals surface area contributed by atoms with E-state index in [0.29, 0.717) is 6.04 Å². The Bertz CT molecular complexity index is 730. The van der Waals surface area contributed by atoms with Gasteiger partial charge < -0.3 is 5.32 Å². The summed E-state index contributed by atoms with van der Waals surface area (Å²) in [7, 11) is 0. The van der Waals surface area contributed by atoms with E-state index in [4.69, 9.17) is 0 Å². The van der Waals surface area contributed by atoms with E-state index in [-0.39, 0.29) is 0 Å². The molecule has 1 aromatic carbocycles. The molecule has 2 aromatic heterocycles. The normalized spacial score (nSPS) is 12.7. The molecule has 0 fully saturated rings. The molecular weight excluding hydrogens is 258 g/mol. The summed E-state index contributed by atoms with van der Waals surface area (Å²) in [4.78, 5) is 4.35. The highest BCUT2D eigenvalue weighted by Gasteiger charge is 2.08. The van der Waals surface area contributed by atoms with E-state index >= 15 is 0 Å². The van der Waals surface area contributed by atoms with Gasteiger partial charge in [-0.3, -0.25) is 4.40 Å². The molecule has 0 saturated carbocycles. The molecule has 0 spiro atoms. The standard InChI is InChI=1S/C18H21N3/c1-3-10-19-14(2)15-6-4-7-16(13-15)17-8-5-9-18-20-11-12-21(17)18/h4-9,11-14,19H,3,10H2,1-2H3. The second-order valence-corrected chi connectivity index (χ2v) is 5.37. The fraction of sp³-hybridized carbons (Fsp3) is 0.278. The first kappa shape index (κ1) is 13.8. The molecule has 0 saturated heterocycles. The summed E-state index contributed by atoms with van der Waals surface area (Å²) in [6.45, 7) is 5.45. The van der Waals surface area contributed by atoms with Crippen LogP contribution in [0.4, 0.5) is 0 Å². The highest BCUT2D eigenvalue weighted by molar-refractivity contribution is 5.64. The number of benzene rings is 1. The van der Waals surface area contributed by atoms with Crippen molar-refractivity contribution in [2.24, 2.45) is 0 Å². The van der Waals surface area contributed by atoms with Gasteiger partial charge in [0.1, 0.15) is 5.65 Å². The first-order valence-corrected chi connectivity index (χ1v) is 7.55. The van der Waals surface area contributed by atoms with E-state index < -0.39 is 0 Å². The minimum absolute atomic E-state index is 0.367. The van der Waals surface area contributed by atoms with Crippen molar-refractivity contribution in [3.63, 3.8) is 0 Å². The Hall–Kier alpha value is -2.13. The number of hydrogen-bond acceptors (Lipinski definition) is 2. The molecule has 3 aromatic rings. The summed E-state index contributed by atoms with van der Waals surface area (Å²) in [5.74, 6) is 0. The number of aromatic nitrogens is 2. The van der Waals surface area contributed by atoms with Gasteiger partial charge in [-0.05, 0) is 49.2 Å². The lowest BCUT2D eigenvalue weighted by Gasteiger charge is -2.15. The van der Waals surface area contributed by atoms with Crippen LogP contribution in [-0.2, 0) is 0 Å². The van der Waals surface area contributed by atoms with Gasteiger partial charge >= 0.3 is 0 Å². The molecule has 1 atom stereocenters. The van der Waals surface area contributed by atoms with Crippen LogP contribution < -0.4 is 5.32 Å². The molecule has 3 nitrogen and oxygen atoms in total. The maximum absolute atomic E-state index is 4.35. The van der Waals surface area contributed by atoms with E-state index in [9.17, 15) is 0 Å². The molecular formula is C18H21N3. The maximum Gasteiger partial charge on any atom is 0.137 e. The smallest absolute Gasteiger partial charge is 0.137 e. The molecule has 1 unspecified atom stereocenters. The predicted octanol–water partition coefficient (Wildman–Crippen LogP) is 4.06. The molecule has 1 N–H and O–H groups in total. The first-order chi connectivity index (χ1) is 10.3. The van der Waals surface area contributed by atoms with Gasteiger partial charge in [0, 0.05) is 18.4 Å². The van der Waals surface area contributed by atoms with Crippen LogP contribution in [0.1, 0.15) is 31.9 Å². The van der Waals surface area contributed by atoms with Gasteiger partial charge in [0.05, 0.1) is 5.69 Å². The average Bonchev–Trinajstić information content (AvgIpc) is 3.01. The number of hydrogen-bond donors (Lipinski definition) is 1. The summed E-state index contributed by atoms with van der Waals surface area (Å²) in [6.07, 6.45) is 5.00. The topological polar surface area (TPSA) is 29.3 Å². The summed E-state index contributed by atoms with van der Waals surface area (Å²) >= 11 is 0. The van der Waals surface area contributed by atoms with Crippen LogP contribution in [0.25, 0.3) is 16.9 Å². The molecule has 3 rings (SSSR count). The van der Waals surface area contributed by atoms with Crippen molar-refractivity contribution < 1.29 is 0 Å². The zero-order valence-corrected chi connectivity index (χ0v) is 12.6. The lowest BCUT2D eigenvalue weighted by Crippen LogP contribution is -2.19. The van der Waals surface area contributed by atoms with Gasteiger partial charge in [-0.1, -0.05) is 31.2 Å². The lowest BCUT2D eigenvalue weighted by atomic mass is 10.0. The third-order valence-corrected chi connectivity index (χ3v) is 3.81. The van der Waals surface area contributed by atoms with Crippen LogP contribution in [0.2, 0.25) is 0 Å². The fourth-order valence-electron chi connectivity index (χ4n) is 2.63. The molecule has 2 heterocycles. The summed E-state index contributed by atoms with van der Waals surface area (Å²) in [5, 5.41) is 3.54. The van der Waals surface area contributed by atoms with Crippen molar-refractivity contribution >= 4 is 5.65 Å². The van der Waals surface area contributed by atoms with E-state index in [0.717, 1.165) is 18.6 Å². The van der Waals surface area contributed by atoms with Crippen LogP contribution in [0.15, 0.2) is 54.9 Å². The Balaban J connectivity index is 1.98. The van der Waals surface area contributed by atoms with Crippen molar-refractivity contribution in [2.75, 3.05) is 6.54 Å². The van der Waals surface area contributed by atoms with Crippen LogP contribution >= 0.6 is 0 Å². The molecule has 3 heteroatoms. The minimum Gasteiger partial charge on any atom is -0.310 e. The van der Waals surface area contributed by atoms with E-state index in [1.807, 2.05) is 18.5 Å². The molecule has 0 aliphatic heterocycles. The third kappa shape index (κ3) is 2.83. The summed E-state index contributed by atoms with van der Waals surface area (Å²) < 4.78 is 2.13. The van der Waals surface area contributed by atoms with E-state index in [2.05, 4.69) is 64.9 Å². The summed E-state index contributed by atoms with van der Waals surface area (Å²) in [5.41, 5.74) is 4.70. The number of nitrogens with zero attached hydrogens (tertiary/aromatic N) is 2. The second-order valence-electron chi connectivity index (χ2n) is 5.37. The number of pyridine rings is 1. The molecule has 0 radical (unpaired) electrons. The first-order valence-electron chi connectivity index (χ1n) is 7.55. The quantitative estimate of drug-likeness (QED) is 0.763. The largest absolute Gasteiger partial charge is 0.310 e. The van der Waals surface area contributed by atoms with Crippen molar-refractivity contribution in [1.82, 2.24) is 14.7 Å². The lowest BCUT2D eigenvalue weighted by molar-refractivity contribution is 0.571. The maximum atomic E-state index is 4.35. The Labute approximate surface area is 125 Å². The Morgan fingerprint density at radius 1 is 1.19 bits per heavy atom. The van der Waals surface area contributed by atoms with Gasteiger partial charge in [0.2, 0.25) is 0 Å². The molecule has 108 valence electrons. The highest BCUT2D eigenvalue weighted by Crippen LogP contribution is 2.24. The zero-order chi connectivity index (χ0) is 14.7. The van der Waals surface area contributed by atoms with Gasteiger partial charge in [-0.15, -0.1) is 0 Å². The number of nitrogens with one attached hydrogen (secondary N) is 1. The third-order valence-electron chi connectivity index (χ3n) is 3.81. The molecule has 0 bridgehead atoms. The second kappa shape index (κ2) is 6.10. The van der Waals surface area contributed by atoms with Crippen LogP contribution in [-0.4, -0.2) is 15.9 Å². The van der Waals surface area contributed by atoms with E-state index in [1.54, 1.807) is 0 Å². The van der Waals surface area contributed by atoms with Crippen LogP contribution in [0.3, 0.4) is 0 Å². The average molecular weight is 279 g/mol. The number of rotatable bonds is 5. The predicted molar refractivity (Wildman–Crippen MR) is 87.3 cm³/mol. The molecule has 0 amide bonds. The van der Waals surface area contributed by atoms with Gasteiger partial charge in [-0.25, -0.2) is 4.98 Å². The van der Waals surface area contributed by atoms with Crippen molar-refractivity contribution in [3.05, 3.63) is 60.4 Å². The minimum atomic E-state index is 0.367. The van der Waals surface area contributed by atoms with Crippen LogP contribution in [0, 0.1) is 0 Å². The Morgan fingerprint density at radius 2 is 2.05 bits per heavy atom. The number of imidazole rings is 1. The van der Waals surface area contributed by atoms with Crippen molar-refractivity contribution in [1.29, 1.82) is 0 Å². The van der Waals surface area contributed by atoms with Crippen molar-refractivity contribution in [3.8, 4) is 11.3 Å². The van der Waals surface area contributed by atoms with Crippen molar-refractivity contribution in [2.45, 2.75) is 26.3 Å². The number of fused-ring (bicyclic) bond motifs is 1. The Morgan fingerprint density at radius 3 is 2.90 bits per heavy atom. The monoisotopic (exact) mass is 279 g/mol. The van der Waals surface area contributed by atoms with E-state index in [1.165, 1.54) is 16.8 Å². The SMILES string of the molecule is CCCNC(C)c1cccc(-c2cccc3nccn23)c1. The van der Waals surface area contributed by atoms with Gasteiger partial charge in [0.25, 0.3) is 0 Å². The fourth-order valence-corrected chi connectivity index (χ4v) is 2.63. The van der Waals surface area contributed by atoms with Crippen LogP contribution in [0.5, 0.6) is 0 Å². The highest BCUT2D eigenvalue weighted by atomic mass is 15.0. The Kier molecular flexibility index (Phi) is 4.02. The molecule has 0 aliphatic rings. The molecule has 21 heavy (non-hydrogen) atoms. The van der Waals surface area contributed by atoms with Gasteiger partial charge in [-0.2, -0.15) is 0 Å².